The van der Waals surface area contributed by atoms with E-state index in [0.717, 1.165) is 31.6 Å². The highest BCUT2D eigenvalue weighted by molar-refractivity contribution is 7.98. The fourth-order valence-electron chi connectivity index (χ4n) is 1.15. The Balaban J connectivity index is 1.94. The summed E-state index contributed by atoms with van der Waals surface area (Å²) in [4.78, 5) is 11.3. The second kappa shape index (κ2) is 7.73. The summed E-state index contributed by atoms with van der Waals surface area (Å²) in [7, 11) is 0. The second-order valence-electron chi connectivity index (χ2n) is 3.80. The Labute approximate surface area is 106 Å². The van der Waals surface area contributed by atoms with E-state index in [9.17, 15) is 4.79 Å². The number of thiocarbonyl (C=S) groups is 1. The summed E-state index contributed by atoms with van der Waals surface area (Å²) < 4.78 is 0. The highest BCUT2D eigenvalue weighted by Crippen LogP contribution is 2.18. The van der Waals surface area contributed by atoms with Gasteiger partial charge >= 0.3 is 0 Å². The minimum Gasteiger partial charge on any atom is -0.363 e. The van der Waals surface area contributed by atoms with Gasteiger partial charge in [-0.05, 0) is 43.5 Å². The average Bonchev–Trinajstić information content (AvgIpc) is 3.05. The molecule has 6 heteroatoms. The molecular formula is C10H19N3OS2. The lowest BCUT2D eigenvalue weighted by Crippen LogP contribution is -2.42. The molecule has 1 fully saturated rings. The Hall–Kier alpha value is -0.490. The van der Waals surface area contributed by atoms with Gasteiger partial charge in [-0.25, -0.2) is 0 Å². The van der Waals surface area contributed by atoms with Crippen LogP contribution < -0.4 is 16.0 Å². The van der Waals surface area contributed by atoms with E-state index in [4.69, 9.17) is 12.2 Å². The molecule has 0 unspecified atom stereocenters. The lowest BCUT2D eigenvalue weighted by Gasteiger charge is -2.10. The molecule has 0 heterocycles. The lowest BCUT2D eigenvalue weighted by molar-refractivity contribution is -0.120. The quantitative estimate of drug-likeness (QED) is 0.460. The van der Waals surface area contributed by atoms with Crippen LogP contribution in [0.4, 0.5) is 0 Å². The first kappa shape index (κ1) is 13.6. The van der Waals surface area contributed by atoms with Crippen molar-refractivity contribution in [2.24, 2.45) is 0 Å². The van der Waals surface area contributed by atoms with Crippen molar-refractivity contribution in [3.8, 4) is 0 Å². The molecule has 0 aliphatic heterocycles. The molecular weight excluding hydrogens is 242 g/mol. The topological polar surface area (TPSA) is 53.2 Å². The molecule has 1 rings (SSSR count). The Morgan fingerprint density at radius 2 is 2.19 bits per heavy atom. The first-order chi connectivity index (χ1) is 7.72. The fraction of sp³-hybridized carbons (Fsp3) is 0.800. The minimum absolute atomic E-state index is 0.0239. The van der Waals surface area contributed by atoms with Crippen molar-refractivity contribution in [1.29, 1.82) is 0 Å². The van der Waals surface area contributed by atoms with Crippen LogP contribution in [0.3, 0.4) is 0 Å². The molecule has 0 saturated heterocycles. The van der Waals surface area contributed by atoms with Crippen molar-refractivity contribution in [3.63, 3.8) is 0 Å². The first-order valence-electron chi connectivity index (χ1n) is 5.52. The number of hydrogen-bond donors (Lipinski definition) is 3. The van der Waals surface area contributed by atoms with Crippen LogP contribution in [0.1, 0.15) is 19.3 Å². The Morgan fingerprint density at radius 1 is 1.44 bits per heavy atom. The van der Waals surface area contributed by atoms with Gasteiger partial charge in [-0.15, -0.1) is 0 Å². The van der Waals surface area contributed by atoms with Gasteiger partial charge in [0.05, 0.1) is 6.54 Å². The fourth-order valence-corrected chi connectivity index (χ4v) is 1.76. The highest BCUT2D eigenvalue weighted by atomic mass is 32.2. The summed E-state index contributed by atoms with van der Waals surface area (Å²) in [6.07, 6.45) is 5.39. The molecule has 1 aliphatic rings. The molecule has 0 aromatic carbocycles. The van der Waals surface area contributed by atoms with Gasteiger partial charge in [-0.3, -0.25) is 4.79 Å². The molecule has 16 heavy (non-hydrogen) atoms. The van der Waals surface area contributed by atoms with Crippen molar-refractivity contribution in [1.82, 2.24) is 16.0 Å². The maximum Gasteiger partial charge on any atom is 0.239 e. The zero-order valence-corrected chi connectivity index (χ0v) is 11.2. The van der Waals surface area contributed by atoms with Crippen LogP contribution in [0, 0.1) is 0 Å². The van der Waals surface area contributed by atoms with Gasteiger partial charge in [0.15, 0.2) is 5.11 Å². The van der Waals surface area contributed by atoms with E-state index in [1.807, 2.05) is 11.8 Å². The predicted octanol–water partition coefficient (Wildman–Crippen LogP) is 0.482. The number of carbonyl (C=O) groups excluding carboxylic acids is 1. The van der Waals surface area contributed by atoms with Gasteiger partial charge in [0.25, 0.3) is 0 Å². The smallest absolute Gasteiger partial charge is 0.239 e. The van der Waals surface area contributed by atoms with Gasteiger partial charge < -0.3 is 16.0 Å². The normalized spacial score (nSPS) is 14.3. The molecule has 0 bridgehead atoms. The third-order valence-electron chi connectivity index (χ3n) is 2.16. The third-order valence-corrected chi connectivity index (χ3v) is 3.15. The maximum absolute atomic E-state index is 11.3. The van der Waals surface area contributed by atoms with Crippen LogP contribution in [0.25, 0.3) is 0 Å². The summed E-state index contributed by atoms with van der Waals surface area (Å²) >= 11 is 6.86. The van der Waals surface area contributed by atoms with Crippen molar-refractivity contribution < 1.29 is 4.79 Å². The molecule has 0 radical (unpaired) electrons. The molecule has 3 N–H and O–H groups in total. The zero-order chi connectivity index (χ0) is 11.8. The molecule has 1 aliphatic carbocycles. The maximum atomic E-state index is 11.3. The number of amides is 1. The van der Waals surface area contributed by atoms with Crippen molar-refractivity contribution in [3.05, 3.63) is 0 Å². The van der Waals surface area contributed by atoms with E-state index in [0.29, 0.717) is 11.2 Å². The SMILES string of the molecule is CSCCCNC(=S)NCC(=O)NC1CC1. The van der Waals surface area contributed by atoms with Crippen LogP contribution in [0.2, 0.25) is 0 Å². The van der Waals surface area contributed by atoms with E-state index in [2.05, 4.69) is 22.2 Å². The standard InChI is InChI=1S/C10H19N3OS2/c1-16-6-2-5-11-10(15)12-7-9(14)13-8-3-4-8/h8H,2-7H2,1H3,(H,13,14)(H2,11,12,15). The van der Waals surface area contributed by atoms with Crippen molar-refractivity contribution in [2.45, 2.75) is 25.3 Å². The molecule has 0 aromatic heterocycles. The molecule has 0 atom stereocenters. The van der Waals surface area contributed by atoms with Gasteiger partial charge in [0.1, 0.15) is 0 Å². The Kier molecular flexibility index (Phi) is 6.56. The van der Waals surface area contributed by atoms with Crippen LogP contribution in [-0.2, 0) is 4.79 Å². The molecule has 0 aromatic rings. The van der Waals surface area contributed by atoms with Gasteiger partial charge in [-0.1, -0.05) is 0 Å². The minimum atomic E-state index is 0.0239. The summed E-state index contributed by atoms with van der Waals surface area (Å²) in [5.41, 5.74) is 0. The summed E-state index contributed by atoms with van der Waals surface area (Å²) in [5.74, 6) is 1.15. The molecule has 92 valence electrons. The molecule has 1 saturated carbocycles. The van der Waals surface area contributed by atoms with Gasteiger partial charge in [0.2, 0.25) is 5.91 Å². The highest BCUT2D eigenvalue weighted by Gasteiger charge is 2.22. The largest absolute Gasteiger partial charge is 0.363 e. The Morgan fingerprint density at radius 3 is 2.81 bits per heavy atom. The van der Waals surface area contributed by atoms with Crippen LogP contribution >= 0.6 is 24.0 Å². The van der Waals surface area contributed by atoms with E-state index in [1.54, 1.807) is 0 Å². The second-order valence-corrected chi connectivity index (χ2v) is 5.19. The number of nitrogens with one attached hydrogen (secondary N) is 3. The number of hydrogen-bond acceptors (Lipinski definition) is 3. The van der Waals surface area contributed by atoms with Crippen LogP contribution in [-0.4, -0.2) is 42.2 Å². The monoisotopic (exact) mass is 261 g/mol. The summed E-state index contributed by atoms with van der Waals surface area (Å²) in [5, 5.41) is 9.42. The van der Waals surface area contributed by atoms with Gasteiger partial charge in [0, 0.05) is 12.6 Å². The van der Waals surface area contributed by atoms with E-state index < -0.39 is 0 Å². The number of thioether (sulfide) groups is 1. The zero-order valence-electron chi connectivity index (χ0n) is 9.54. The number of rotatable bonds is 7. The average molecular weight is 261 g/mol. The third kappa shape index (κ3) is 6.90. The van der Waals surface area contributed by atoms with Crippen molar-refractivity contribution in [2.75, 3.05) is 25.1 Å². The molecule has 0 spiro atoms. The summed E-state index contributed by atoms with van der Waals surface area (Å²) in [6, 6.07) is 0.414. The van der Waals surface area contributed by atoms with Gasteiger partial charge in [-0.2, -0.15) is 11.8 Å². The summed E-state index contributed by atoms with van der Waals surface area (Å²) in [6.45, 7) is 1.13. The molecule has 1 amide bonds. The predicted molar refractivity (Wildman–Crippen MR) is 72.8 cm³/mol. The van der Waals surface area contributed by atoms with E-state index in [1.165, 1.54) is 0 Å². The molecule has 4 nitrogen and oxygen atoms in total. The first-order valence-corrected chi connectivity index (χ1v) is 7.32. The van der Waals surface area contributed by atoms with Crippen molar-refractivity contribution >= 4 is 35.0 Å². The van der Waals surface area contributed by atoms with Crippen LogP contribution in [0.5, 0.6) is 0 Å². The Bertz CT molecular complexity index is 244. The van der Waals surface area contributed by atoms with E-state index in [-0.39, 0.29) is 12.5 Å². The van der Waals surface area contributed by atoms with Crippen LogP contribution in [0.15, 0.2) is 0 Å². The lowest BCUT2D eigenvalue weighted by atomic mass is 10.5. The van der Waals surface area contributed by atoms with E-state index >= 15 is 0 Å². The number of carbonyl (C=O) groups is 1.